The van der Waals surface area contributed by atoms with Gasteiger partial charge in [-0.2, -0.15) is 0 Å². The number of nitrogens with zero attached hydrogens (tertiary/aromatic N) is 2. The first-order chi connectivity index (χ1) is 10.1. The van der Waals surface area contributed by atoms with Gasteiger partial charge in [-0.05, 0) is 42.3 Å². The Morgan fingerprint density at radius 1 is 1.38 bits per heavy atom. The molecule has 1 fully saturated rings. The van der Waals surface area contributed by atoms with Crippen LogP contribution in [0.1, 0.15) is 29.7 Å². The van der Waals surface area contributed by atoms with Crippen LogP contribution < -0.4 is 0 Å². The molecule has 5 nitrogen and oxygen atoms in total. The van der Waals surface area contributed by atoms with Crippen molar-refractivity contribution in [2.45, 2.75) is 25.8 Å². The fraction of sp³-hybridized carbons (Fsp3) is 0.467. The zero-order chi connectivity index (χ0) is 15.2. The first kappa shape index (κ1) is 15.6. The highest BCUT2D eigenvalue weighted by atomic mass is 32.1. The molecule has 2 rings (SSSR count). The number of carbonyl (C=O) groups is 2. The van der Waals surface area contributed by atoms with Gasteiger partial charge in [0, 0.05) is 37.6 Å². The first-order valence-corrected chi connectivity index (χ1v) is 7.92. The molecule has 1 aliphatic heterocycles. The second-order valence-corrected chi connectivity index (χ2v) is 6.16. The van der Waals surface area contributed by atoms with Crippen molar-refractivity contribution in [1.29, 1.82) is 0 Å². The molecular formula is C15H20N2O3S. The highest BCUT2D eigenvalue weighted by molar-refractivity contribution is 7.11. The first-order valence-electron chi connectivity index (χ1n) is 7.05. The number of rotatable bonds is 4. The Bertz CT molecular complexity index is 533. The van der Waals surface area contributed by atoms with E-state index in [1.54, 1.807) is 18.0 Å². The number of carbonyl (C=O) groups excluding carboxylic acids is 1. The summed E-state index contributed by atoms with van der Waals surface area (Å²) in [5.74, 6) is -0.956. The van der Waals surface area contributed by atoms with E-state index >= 15 is 0 Å². The van der Waals surface area contributed by atoms with E-state index in [9.17, 15) is 9.59 Å². The standard InChI is InChI=1S/C15H20N2O3S/c1-16(15(20)17-7-3-2-4-8-17)10-12-9-13(21-11-12)5-6-14(18)19/h5-6,9,11H,2-4,7-8,10H2,1H3,(H,18,19). The third kappa shape index (κ3) is 4.60. The van der Waals surface area contributed by atoms with Gasteiger partial charge < -0.3 is 14.9 Å². The van der Waals surface area contributed by atoms with Gasteiger partial charge in [-0.3, -0.25) is 0 Å². The molecule has 0 saturated carbocycles. The molecule has 2 amide bonds. The second kappa shape index (κ2) is 7.26. The maximum atomic E-state index is 12.3. The molecule has 0 aliphatic carbocycles. The molecule has 0 bridgehead atoms. The molecular weight excluding hydrogens is 288 g/mol. The Kier molecular flexibility index (Phi) is 5.38. The topological polar surface area (TPSA) is 60.9 Å². The molecule has 0 spiro atoms. The largest absolute Gasteiger partial charge is 0.478 e. The number of aliphatic carboxylic acids is 1. The summed E-state index contributed by atoms with van der Waals surface area (Å²) in [7, 11) is 1.81. The fourth-order valence-corrected chi connectivity index (χ4v) is 3.18. The smallest absolute Gasteiger partial charge is 0.328 e. The highest BCUT2D eigenvalue weighted by Crippen LogP contribution is 2.18. The van der Waals surface area contributed by atoms with Crippen molar-refractivity contribution in [2.24, 2.45) is 0 Å². The van der Waals surface area contributed by atoms with Crippen LogP contribution in [0.3, 0.4) is 0 Å². The lowest BCUT2D eigenvalue weighted by Crippen LogP contribution is -2.43. The summed E-state index contributed by atoms with van der Waals surface area (Å²) in [6.45, 7) is 2.24. The van der Waals surface area contributed by atoms with Crippen LogP contribution in [0.25, 0.3) is 6.08 Å². The van der Waals surface area contributed by atoms with Crippen molar-refractivity contribution in [3.63, 3.8) is 0 Å². The van der Waals surface area contributed by atoms with Gasteiger partial charge in [0.2, 0.25) is 0 Å². The quantitative estimate of drug-likeness (QED) is 0.870. The number of urea groups is 1. The van der Waals surface area contributed by atoms with Gasteiger partial charge in [0.15, 0.2) is 0 Å². The van der Waals surface area contributed by atoms with Gasteiger partial charge in [-0.1, -0.05) is 0 Å². The van der Waals surface area contributed by atoms with E-state index in [4.69, 9.17) is 5.11 Å². The number of hydrogen-bond donors (Lipinski definition) is 1. The SMILES string of the molecule is CN(Cc1csc(C=CC(=O)O)c1)C(=O)N1CCCCC1. The molecule has 21 heavy (non-hydrogen) atoms. The van der Waals surface area contributed by atoms with Gasteiger partial charge in [0.25, 0.3) is 0 Å². The fourth-order valence-electron chi connectivity index (χ4n) is 2.39. The predicted molar refractivity (Wildman–Crippen MR) is 83.3 cm³/mol. The van der Waals surface area contributed by atoms with Crippen molar-refractivity contribution < 1.29 is 14.7 Å². The maximum absolute atomic E-state index is 12.3. The van der Waals surface area contributed by atoms with Crippen LogP contribution in [0.4, 0.5) is 4.79 Å². The van der Waals surface area contributed by atoms with E-state index in [0.717, 1.165) is 42.4 Å². The van der Waals surface area contributed by atoms with Crippen LogP contribution in [-0.4, -0.2) is 47.0 Å². The number of likely N-dealkylation sites (tertiary alicyclic amines) is 1. The summed E-state index contributed by atoms with van der Waals surface area (Å²) in [6.07, 6.45) is 6.07. The van der Waals surface area contributed by atoms with E-state index in [2.05, 4.69) is 0 Å². The molecule has 1 aliphatic rings. The number of carboxylic acids is 1. The highest BCUT2D eigenvalue weighted by Gasteiger charge is 2.20. The number of hydrogen-bond acceptors (Lipinski definition) is 3. The molecule has 1 aromatic heterocycles. The summed E-state index contributed by atoms with van der Waals surface area (Å²) >= 11 is 1.48. The molecule has 1 saturated heterocycles. The lowest BCUT2D eigenvalue weighted by atomic mass is 10.1. The Hall–Kier alpha value is -1.82. The Morgan fingerprint density at radius 2 is 2.10 bits per heavy atom. The van der Waals surface area contributed by atoms with Crippen LogP contribution in [0.15, 0.2) is 17.5 Å². The number of carboxylic acid groups (broad SMARTS) is 1. The van der Waals surface area contributed by atoms with E-state index in [1.165, 1.54) is 17.8 Å². The molecule has 0 radical (unpaired) electrons. The Balaban J connectivity index is 1.91. The molecule has 0 aromatic carbocycles. The van der Waals surface area contributed by atoms with Crippen LogP contribution in [0.5, 0.6) is 0 Å². The summed E-state index contributed by atoms with van der Waals surface area (Å²) in [4.78, 5) is 27.3. The van der Waals surface area contributed by atoms with E-state index in [0.29, 0.717) is 6.54 Å². The Morgan fingerprint density at radius 3 is 2.76 bits per heavy atom. The lowest BCUT2D eigenvalue weighted by molar-refractivity contribution is -0.131. The van der Waals surface area contributed by atoms with Crippen LogP contribution in [0, 0.1) is 0 Å². The predicted octanol–water partition coefficient (Wildman–Crippen LogP) is 2.88. The minimum absolute atomic E-state index is 0.0727. The van der Waals surface area contributed by atoms with Gasteiger partial charge in [0.1, 0.15) is 0 Å². The van der Waals surface area contributed by atoms with Crippen molar-refractivity contribution in [2.75, 3.05) is 20.1 Å². The van der Waals surface area contributed by atoms with E-state index < -0.39 is 5.97 Å². The van der Waals surface area contributed by atoms with Crippen molar-refractivity contribution in [3.8, 4) is 0 Å². The van der Waals surface area contributed by atoms with E-state index in [1.807, 2.05) is 16.3 Å². The van der Waals surface area contributed by atoms with Gasteiger partial charge in [-0.25, -0.2) is 9.59 Å². The molecule has 6 heteroatoms. The van der Waals surface area contributed by atoms with Crippen molar-refractivity contribution in [1.82, 2.24) is 9.80 Å². The van der Waals surface area contributed by atoms with Crippen LogP contribution >= 0.6 is 11.3 Å². The third-order valence-electron chi connectivity index (χ3n) is 3.44. The zero-order valence-corrected chi connectivity index (χ0v) is 12.9. The minimum atomic E-state index is -0.956. The Labute approximate surface area is 128 Å². The third-order valence-corrected chi connectivity index (χ3v) is 4.38. The van der Waals surface area contributed by atoms with Crippen molar-refractivity contribution in [3.05, 3.63) is 28.0 Å². The maximum Gasteiger partial charge on any atom is 0.328 e. The normalized spacial score (nSPS) is 15.4. The zero-order valence-electron chi connectivity index (χ0n) is 12.1. The molecule has 2 heterocycles. The monoisotopic (exact) mass is 308 g/mol. The van der Waals surface area contributed by atoms with Gasteiger partial charge in [-0.15, -0.1) is 11.3 Å². The molecule has 114 valence electrons. The molecule has 0 atom stereocenters. The van der Waals surface area contributed by atoms with Crippen LogP contribution in [0.2, 0.25) is 0 Å². The lowest BCUT2D eigenvalue weighted by Gasteiger charge is -2.30. The molecule has 0 unspecified atom stereocenters. The van der Waals surface area contributed by atoms with E-state index in [-0.39, 0.29) is 6.03 Å². The number of piperidine rings is 1. The minimum Gasteiger partial charge on any atom is -0.478 e. The molecule has 1 aromatic rings. The second-order valence-electron chi connectivity index (χ2n) is 5.22. The number of amides is 2. The average Bonchev–Trinajstić information content (AvgIpc) is 2.92. The van der Waals surface area contributed by atoms with Crippen LogP contribution in [-0.2, 0) is 11.3 Å². The van der Waals surface area contributed by atoms with Crippen molar-refractivity contribution >= 4 is 29.4 Å². The molecule has 1 N–H and O–H groups in total. The number of thiophene rings is 1. The average molecular weight is 308 g/mol. The summed E-state index contributed by atoms with van der Waals surface area (Å²) in [5.41, 5.74) is 1.03. The summed E-state index contributed by atoms with van der Waals surface area (Å²) in [6, 6.07) is 1.99. The van der Waals surface area contributed by atoms with Gasteiger partial charge in [0.05, 0.1) is 0 Å². The summed E-state index contributed by atoms with van der Waals surface area (Å²) < 4.78 is 0. The van der Waals surface area contributed by atoms with Gasteiger partial charge >= 0.3 is 12.0 Å². The summed E-state index contributed by atoms with van der Waals surface area (Å²) in [5, 5.41) is 10.6.